The summed E-state index contributed by atoms with van der Waals surface area (Å²) >= 11 is 0. The second kappa shape index (κ2) is 8.00. The second-order valence-electron chi connectivity index (χ2n) is 4.47. The topological polar surface area (TPSA) is 12.0 Å². The van der Waals surface area contributed by atoms with Gasteiger partial charge in [0.1, 0.15) is 0 Å². The molecule has 1 rings (SSSR count). The van der Waals surface area contributed by atoms with Crippen molar-refractivity contribution in [1.29, 1.82) is 0 Å². The van der Waals surface area contributed by atoms with Crippen molar-refractivity contribution < 1.29 is 13.2 Å². The molecule has 106 valence electrons. The zero-order valence-electron chi connectivity index (χ0n) is 11.0. The summed E-state index contributed by atoms with van der Waals surface area (Å²) in [5, 5.41) is 3.07. The Morgan fingerprint density at radius 1 is 1.11 bits per heavy atom. The molecule has 0 amide bonds. The molecule has 0 atom stereocenters. The van der Waals surface area contributed by atoms with E-state index in [0.29, 0.717) is 5.56 Å². The van der Waals surface area contributed by atoms with E-state index in [4.69, 9.17) is 0 Å². The summed E-state index contributed by atoms with van der Waals surface area (Å²) in [5.41, 5.74) is -0.241. The van der Waals surface area contributed by atoms with E-state index < -0.39 is 11.7 Å². The van der Waals surface area contributed by atoms with Crippen LogP contribution < -0.4 is 5.32 Å². The molecule has 0 heterocycles. The van der Waals surface area contributed by atoms with E-state index in [9.17, 15) is 13.2 Å². The average Bonchev–Trinajstić information content (AvgIpc) is 2.37. The number of alkyl halides is 3. The van der Waals surface area contributed by atoms with Gasteiger partial charge in [0.2, 0.25) is 0 Å². The molecule has 0 radical (unpaired) electrons. The van der Waals surface area contributed by atoms with Gasteiger partial charge in [0.15, 0.2) is 0 Å². The first-order chi connectivity index (χ1) is 9.05. The first-order valence-corrected chi connectivity index (χ1v) is 6.52. The van der Waals surface area contributed by atoms with Crippen LogP contribution in [0.5, 0.6) is 0 Å². The standard InChI is InChI=1S/C15H20F3N/c1-2-3-4-5-8-11-19-12-13-9-6-7-10-14(13)15(16,17)18/h2,6-7,9-10,19H,1,3-5,8,11-12H2. The van der Waals surface area contributed by atoms with Crippen LogP contribution in [0.4, 0.5) is 13.2 Å². The molecule has 1 aromatic carbocycles. The van der Waals surface area contributed by atoms with Gasteiger partial charge in [-0.1, -0.05) is 30.7 Å². The highest BCUT2D eigenvalue weighted by molar-refractivity contribution is 5.29. The van der Waals surface area contributed by atoms with Gasteiger partial charge in [0, 0.05) is 6.54 Å². The van der Waals surface area contributed by atoms with Crippen LogP contribution in [0.3, 0.4) is 0 Å². The molecule has 0 saturated carbocycles. The lowest BCUT2D eigenvalue weighted by molar-refractivity contribution is -0.138. The number of unbranched alkanes of at least 4 members (excludes halogenated alkanes) is 3. The van der Waals surface area contributed by atoms with Gasteiger partial charge in [-0.25, -0.2) is 0 Å². The summed E-state index contributed by atoms with van der Waals surface area (Å²) in [6.45, 7) is 4.65. The van der Waals surface area contributed by atoms with E-state index in [-0.39, 0.29) is 6.54 Å². The molecule has 0 aromatic heterocycles. The Morgan fingerprint density at radius 2 is 1.84 bits per heavy atom. The van der Waals surface area contributed by atoms with Gasteiger partial charge in [-0.15, -0.1) is 6.58 Å². The van der Waals surface area contributed by atoms with Crippen LogP contribution in [-0.4, -0.2) is 6.54 Å². The largest absolute Gasteiger partial charge is 0.416 e. The Morgan fingerprint density at radius 3 is 2.53 bits per heavy atom. The first kappa shape index (κ1) is 15.8. The summed E-state index contributed by atoms with van der Waals surface area (Å²) in [6, 6.07) is 5.70. The van der Waals surface area contributed by atoms with Gasteiger partial charge in [-0.3, -0.25) is 0 Å². The van der Waals surface area contributed by atoms with Crippen LogP contribution in [-0.2, 0) is 12.7 Å². The molecule has 1 nitrogen and oxygen atoms in total. The summed E-state index contributed by atoms with van der Waals surface area (Å²) in [6.07, 6.45) is 1.73. The highest BCUT2D eigenvalue weighted by Crippen LogP contribution is 2.31. The van der Waals surface area contributed by atoms with Gasteiger partial charge < -0.3 is 5.32 Å². The molecule has 0 unspecified atom stereocenters. The van der Waals surface area contributed by atoms with Gasteiger partial charge in [-0.05, 0) is 37.4 Å². The second-order valence-corrected chi connectivity index (χ2v) is 4.47. The van der Waals surface area contributed by atoms with Gasteiger partial charge >= 0.3 is 6.18 Å². The quantitative estimate of drug-likeness (QED) is 0.540. The number of hydrogen-bond acceptors (Lipinski definition) is 1. The van der Waals surface area contributed by atoms with Gasteiger partial charge in [0.05, 0.1) is 5.56 Å². The van der Waals surface area contributed by atoms with E-state index >= 15 is 0 Å². The van der Waals surface area contributed by atoms with Crippen LogP contribution in [0, 0.1) is 0 Å². The summed E-state index contributed by atoms with van der Waals surface area (Å²) in [5.74, 6) is 0. The van der Waals surface area contributed by atoms with Crippen molar-refractivity contribution in [3.63, 3.8) is 0 Å². The van der Waals surface area contributed by atoms with Crippen molar-refractivity contribution in [3.8, 4) is 0 Å². The molecule has 4 heteroatoms. The Labute approximate surface area is 112 Å². The summed E-state index contributed by atoms with van der Waals surface area (Å²) in [4.78, 5) is 0. The van der Waals surface area contributed by atoms with E-state index in [1.165, 1.54) is 12.1 Å². The van der Waals surface area contributed by atoms with E-state index in [1.54, 1.807) is 6.07 Å². The number of nitrogens with one attached hydrogen (secondary N) is 1. The number of hydrogen-bond donors (Lipinski definition) is 1. The third-order valence-electron chi connectivity index (χ3n) is 2.90. The number of rotatable bonds is 8. The zero-order chi connectivity index (χ0) is 14.1. The van der Waals surface area contributed by atoms with Gasteiger partial charge in [0.25, 0.3) is 0 Å². The predicted octanol–water partition coefficient (Wildman–Crippen LogP) is 4.54. The number of allylic oxidation sites excluding steroid dienone is 1. The van der Waals surface area contributed by atoms with Crippen molar-refractivity contribution in [3.05, 3.63) is 48.0 Å². The summed E-state index contributed by atoms with van der Waals surface area (Å²) in [7, 11) is 0. The van der Waals surface area contributed by atoms with Crippen molar-refractivity contribution in [2.45, 2.75) is 38.4 Å². The maximum Gasteiger partial charge on any atom is 0.416 e. The zero-order valence-corrected chi connectivity index (χ0v) is 11.0. The molecule has 19 heavy (non-hydrogen) atoms. The SMILES string of the molecule is C=CCCCCCNCc1ccccc1C(F)(F)F. The van der Waals surface area contributed by atoms with Crippen molar-refractivity contribution >= 4 is 0 Å². The Hall–Kier alpha value is -1.29. The van der Waals surface area contributed by atoms with Crippen LogP contribution in [0.2, 0.25) is 0 Å². The highest BCUT2D eigenvalue weighted by Gasteiger charge is 2.32. The normalized spacial score (nSPS) is 11.5. The van der Waals surface area contributed by atoms with E-state index in [0.717, 1.165) is 38.3 Å². The predicted molar refractivity (Wildman–Crippen MR) is 71.8 cm³/mol. The molecular formula is C15H20F3N. The molecule has 0 aliphatic heterocycles. The summed E-state index contributed by atoms with van der Waals surface area (Å²) < 4.78 is 38.2. The van der Waals surface area contributed by atoms with Gasteiger partial charge in [-0.2, -0.15) is 13.2 Å². The minimum atomic E-state index is -4.28. The third-order valence-corrected chi connectivity index (χ3v) is 2.90. The maximum atomic E-state index is 12.7. The van der Waals surface area contributed by atoms with Crippen molar-refractivity contribution in [1.82, 2.24) is 5.32 Å². The smallest absolute Gasteiger partial charge is 0.313 e. The Bertz CT molecular complexity index is 385. The molecule has 0 spiro atoms. The van der Waals surface area contributed by atoms with Crippen LogP contribution in [0.25, 0.3) is 0 Å². The van der Waals surface area contributed by atoms with Crippen molar-refractivity contribution in [2.75, 3.05) is 6.54 Å². The fourth-order valence-corrected chi connectivity index (χ4v) is 1.89. The van der Waals surface area contributed by atoms with Crippen molar-refractivity contribution in [2.24, 2.45) is 0 Å². The molecule has 1 aromatic rings. The third kappa shape index (κ3) is 5.92. The van der Waals surface area contributed by atoms with Crippen LogP contribution >= 0.6 is 0 Å². The van der Waals surface area contributed by atoms with Crippen LogP contribution in [0.15, 0.2) is 36.9 Å². The Balaban J connectivity index is 2.35. The van der Waals surface area contributed by atoms with E-state index in [2.05, 4.69) is 11.9 Å². The maximum absolute atomic E-state index is 12.7. The van der Waals surface area contributed by atoms with E-state index in [1.807, 2.05) is 6.08 Å². The lowest BCUT2D eigenvalue weighted by Crippen LogP contribution is -2.18. The monoisotopic (exact) mass is 271 g/mol. The fraction of sp³-hybridized carbons (Fsp3) is 0.467. The van der Waals surface area contributed by atoms with Crippen LogP contribution in [0.1, 0.15) is 36.8 Å². The molecule has 0 saturated heterocycles. The number of halogens is 3. The first-order valence-electron chi connectivity index (χ1n) is 6.52. The molecule has 0 bridgehead atoms. The molecule has 0 fully saturated rings. The minimum Gasteiger partial charge on any atom is -0.313 e. The lowest BCUT2D eigenvalue weighted by atomic mass is 10.1. The highest BCUT2D eigenvalue weighted by atomic mass is 19.4. The molecule has 1 N–H and O–H groups in total. The lowest BCUT2D eigenvalue weighted by Gasteiger charge is -2.13. The minimum absolute atomic E-state index is 0.261. The molecule has 0 aliphatic rings. The molecule has 0 aliphatic carbocycles. The Kier molecular flexibility index (Phi) is 6.64. The molecular weight excluding hydrogens is 251 g/mol. The fourth-order valence-electron chi connectivity index (χ4n) is 1.89. The number of benzene rings is 1. The average molecular weight is 271 g/mol.